The molecular weight excluding hydrogens is 226 g/mol. The van der Waals surface area contributed by atoms with E-state index >= 15 is 0 Å². The Morgan fingerprint density at radius 1 is 1.18 bits per heavy atom. The smallest absolute Gasteiger partial charge is 0.0388 e. The Morgan fingerprint density at radius 3 is 2.59 bits per heavy atom. The molecule has 1 heterocycles. The Balaban J connectivity index is 2.10. The van der Waals surface area contributed by atoms with E-state index in [0.29, 0.717) is 12.1 Å². The summed E-state index contributed by atoms with van der Waals surface area (Å²) in [6, 6.07) is 5.48. The Labute approximate surface area is 111 Å². The number of hydrogen-bond donors (Lipinski definition) is 1. The second kappa shape index (κ2) is 8.71. The van der Waals surface area contributed by atoms with E-state index in [0.717, 1.165) is 0 Å². The molecule has 1 aromatic heterocycles. The van der Waals surface area contributed by atoms with Crippen LogP contribution in [0.5, 0.6) is 0 Å². The molecule has 0 amide bonds. The third-order valence-electron chi connectivity index (χ3n) is 3.25. The van der Waals surface area contributed by atoms with Gasteiger partial charge in [0.25, 0.3) is 0 Å². The number of nitrogens with one attached hydrogen (secondary N) is 1. The van der Waals surface area contributed by atoms with Gasteiger partial charge in [0.15, 0.2) is 0 Å². The van der Waals surface area contributed by atoms with Crippen LogP contribution in [-0.2, 0) is 0 Å². The minimum atomic E-state index is 0.501. The van der Waals surface area contributed by atoms with E-state index in [2.05, 4.69) is 43.6 Å². The fourth-order valence-corrected chi connectivity index (χ4v) is 2.93. The lowest BCUT2D eigenvalue weighted by atomic mass is 10.1. The van der Waals surface area contributed by atoms with Crippen LogP contribution in [0.25, 0.3) is 0 Å². The third-order valence-corrected chi connectivity index (χ3v) is 4.30. The SMILES string of the molecule is CCCCCCCC(C)N[C@@H](C)c1cccs1. The summed E-state index contributed by atoms with van der Waals surface area (Å²) >= 11 is 1.85. The Kier molecular flexibility index (Phi) is 7.54. The number of unbranched alkanes of at least 4 members (excludes halogenated alkanes) is 4. The second-order valence-corrected chi connectivity index (χ2v) is 5.99. The maximum Gasteiger partial charge on any atom is 0.0388 e. The molecule has 0 fully saturated rings. The lowest BCUT2D eigenvalue weighted by molar-refractivity contribution is 0.439. The third kappa shape index (κ3) is 6.23. The monoisotopic (exact) mass is 253 g/mol. The first-order valence-corrected chi connectivity index (χ1v) is 7.91. The van der Waals surface area contributed by atoms with E-state index in [9.17, 15) is 0 Å². The summed E-state index contributed by atoms with van der Waals surface area (Å²) in [5, 5.41) is 5.84. The Hall–Kier alpha value is -0.340. The van der Waals surface area contributed by atoms with Gasteiger partial charge in [0.05, 0.1) is 0 Å². The maximum absolute atomic E-state index is 3.68. The molecule has 0 saturated carbocycles. The van der Waals surface area contributed by atoms with Gasteiger partial charge in [-0.05, 0) is 31.7 Å². The topological polar surface area (TPSA) is 12.0 Å². The molecule has 2 heteroatoms. The van der Waals surface area contributed by atoms with Crippen LogP contribution in [0.4, 0.5) is 0 Å². The van der Waals surface area contributed by atoms with E-state index in [4.69, 9.17) is 0 Å². The normalized spacial score (nSPS) is 14.8. The number of hydrogen-bond acceptors (Lipinski definition) is 2. The average Bonchev–Trinajstić information content (AvgIpc) is 2.82. The van der Waals surface area contributed by atoms with Crippen molar-refractivity contribution in [2.75, 3.05) is 0 Å². The first kappa shape index (κ1) is 14.7. The Bertz CT molecular complexity index is 268. The number of thiophene rings is 1. The summed E-state index contributed by atoms with van der Waals surface area (Å²) in [5.74, 6) is 0. The molecule has 2 atom stereocenters. The average molecular weight is 253 g/mol. The highest BCUT2D eigenvalue weighted by Gasteiger charge is 2.09. The van der Waals surface area contributed by atoms with Crippen LogP contribution in [-0.4, -0.2) is 6.04 Å². The van der Waals surface area contributed by atoms with Crippen molar-refractivity contribution in [3.63, 3.8) is 0 Å². The molecular formula is C15H27NS. The first-order valence-electron chi connectivity index (χ1n) is 7.03. The van der Waals surface area contributed by atoms with Gasteiger partial charge in [-0.15, -0.1) is 11.3 Å². The minimum Gasteiger partial charge on any atom is -0.307 e. The zero-order valence-electron chi connectivity index (χ0n) is 11.5. The second-order valence-electron chi connectivity index (χ2n) is 5.01. The standard InChI is InChI=1S/C15H27NS/c1-4-5-6-7-8-10-13(2)16-14(3)15-11-9-12-17-15/h9,11-14,16H,4-8,10H2,1-3H3/t13?,14-/m0/s1. The summed E-state index contributed by atoms with van der Waals surface area (Å²) in [6.45, 7) is 6.84. The van der Waals surface area contributed by atoms with Gasteiger partial charge >= 0.3 is 0 Å². The highest BCUT2D eigenvalue weighted by atomic mass is 32.1. The molecule has 0 radical (unpaired) electrons. The van der Waals surface area contributed by atoms with Crippen molar-refractivity contribution in [3.8, 4) is 0 Å². The molecule has 0 aliphatic heterocycles. The summed E-state index contributed by atoms with van der Waals surface area (Å²) in [4.78, 5) is 1.45. The molecule has 0 aliphatic carbocycles. The van der Waals surface area contributed by atoms with Gasteiger partial charge in [0.1, 0.15) is 0 Å². The van der Waals surface area contributed by atoms with Crippen molar-refractivity contribution in [3.05, 3.63) is 22.4 Å². The van der Waals surface area contributed by atoms with Gasteiger partial charge in [-0.1, -0.05) is 45.1 Å². The van der Waals surface area contributed by atoms with Gasteiger partial charge in [-0.25, -0.2) is 0 Å². The van der Waals surface area contributed by atoms with E-state index in [1.807, 2.05) is 11.3 Å². The van der Waals surface area contributed by atoms with Crippen LogP contribution in [0.2, 0.25) is 0 Å². The largest absolute Gasteiger partial charge is 0.307 e. The molecule has 1 nitrogen and oxygen atoms in total. The van der Waals surface area contributed by atoms with Gasteiger partial charge in [0, 0.05) is 17.0 Å². The first-order chi connectivity index (χ1) is 8.24. The number of rotatable bonds is 9. The van der Waals surface area contributed by atoms with Crippen LogP contribution in [0.1, 0.15) is 70.2 Å². The van der Waals surface area contributed by atoms with Crippen LogP contribution in [0.15, 0.2) is 17.5 Å². The molecule has 1 aromatic rings. The van der Waals surface area contributed by atoms with Gasteiger partial charge in [-0.3, -0.25) is 0 Å². The zero-order chi connectivity index (χ0) is 12.5. The van der Waals surface area contributed by atoms with E-state index in [1.54, 1.807) is 0 Å². The predicted molar refractivity (Wildman–Crippen MR) is 78.7 cm³/mol. The van der Waals surface area contributed by atoms with Crippen LogP contribution >= 0.6 is 11.3 Å². The zero-order valence-corrected chi connectivity index (χ0v) is 12.4. The Morgan fingerprint density at radius 2 is 1.94 bits per heavy atom. The fraction of sp³-hybridized carbons (Fsp3) is 0.733. The van der Waals surface area contributed by atoms with Gasteiger partial charge < -0.3 is 5.32 Å². The van der Waals surface area contributed by atoms with Crippen molar-refractivity contribution in [1.29, 1.82) is 0 Å². The van der Waals surface area contributed by atoms with Crippen molar-refractivity contribution < 1.29 is 0 Å². The lowest BCUT2D eigenvalue weighted by Gasteiger charge is -2.19. The van der Waals surface area contributed by atoms with Gasteiger partial charge in [-0.2, -0.15) is 0 Å². The predicted octanol–water partition coefficient (Wildman–Crippen LogP) is 5.15. The molecule has 98 valence electrons. The van der Waals surface area contributed by atoms with Crippen LogP contribution in [0.3, 0.4) is 0 Å². The molecule has 0 aliphatic rings. The summed E-state index contributed by atoms with van der Waals surface area (Å²) in [5.41, 5.74) is 0. The molecule has 0 saturated heterocycles. The fourth-order valence-electron chi connectivity index (χ4n) is 2.18. The summed E-state index contributed by atoms with van der Waals surface area (Å²) < 4.78 is 0. The van der Waals surface area contributed by atoms with Crippen LogP contribution < -0.4 is 5.32 Å². The molecule has 1 rings (SSSR count). The summed E-state index contributed by atoms with van der Waals surface area (Å²) in [6.07, 6.45) is 8.21. The molecule has 0 aromatic carbocycles. The van der Waals surface area contributed by atoms with Crippen molar-refractivity contribution in [2.45, 2.75) is 71.4 Å². The molecule has 17 heavy (non-hydrogen) atoms. The molecule has 0 bridgehead atoms. The molecule has 1 unspecified atom stereocenters. The highest BCUT2D eigenvalue weighted by Crippen LogP contribution is 2.19. The van der Waals surface area contributed by atoms with Crippen molar-refractivity contribution >= 4 is 11.3 Å². The summed E-state index contributed by atoms with van der Waals surface area (Å²) in [7, 11) is 0. The van der Waals surface area contributed by atoms with Crippen molar-refractivity contribution in [1.82, 2.24) is 5.32 Å². The minimum absolute atomic E-state index is 0.501. The quantitative estimate of drug-likeness (QED) is 0.600. The van der Waals surface area contributed by atoms with Crippen LogP contribution in [0, 0.1) is 0 Å². The van der Waals surface area contributed by atoms with E-state index in [-0.39, 0.29) is 0 Å². The van der Waals surface area contributed by atoms with E-state index < -0.39 is 0 Å². The molecule has 1 N–H and O–H groups in total. The van der Waals surface area contributed by atoms with E-state index in [1.165, 1.54) is 43.4 Å². The highest BCUT2D eigenvalue weighted by molar-refractivity contribution is 7.10. The lowest BCUT2D eigenvalue weighted by Crippen LogP contribution is -2.28. The molecule has 0 spiro atoms. The maximum atomic E-state index is 3.68. The van der Waals surface area contributed by atoms with Crippen molar-refractivity contribution in [2.24, 2.45) is 0 Å². The van der Waals surface area contributed by atoms with Gasteiger partial charge in [0.2, 0.25) is 0 Å².